The highest BCUT2D eigenvalue weighted by atomic mass is 127. The molecule has 0 fully saturated rings. The fourth-order valence-corrected chi connectivity index (χ4v) is 2.32. The molecular formula is C12H12BrIN2. The van der Waals surface area contributed by atoms with Crippen molar-refractivity contribution in [2.24, 2.45) is 5.73 Å². The van der Waals surface area contributed by atoms with Gasteiger partial charge in [-0.15, -0.1) is 0 Å². The van der Waals surface area contributed by atoms with Crippen LogP contribution in [0.15, 0.2) is 28.2 Å². The third-order valence-electron chi connectivity index (χ3n) is 2.18. The molecule has 0 spiro atoms. The van der Waals surface area contributed by atoms with E-state index in [-0.39, 0.29) is 0 Å². The first kappa shape index (κ1) is 13.5. The van der Waals surface area contributed by atoms with Crippen LogP contribution in [0.25, 0.3) is 5.70 Å². The van der Waals surface area contributed by atoms with Crippen LogP contribution in [0.3, 0.4) is 0 Å². The van der Waals surface area contributed by atoms with Gasteiger partial charge < -0.3 is 5.73 Å². The van der Waals surface area contributed by atoms with Gasteiger partial charge in [-0.05, 0) is 47.2 Å². The first-order valence-electron chi connectivity index (χ1n) is 4.94. The van der Waals surface area contributed by atoms with Crippen LogP contribution in [-0.4, -0.2) is 0 Å². The van der Waals surface area contributed by atoms with E-state index in [1.165, 1.54) is 0 Å². The number of benzene rings is 1. The van der Waals surface area contributed by atoms with Gasteiger partial charge >= 0.3 is 0 Å². The standard InChI is InChI=1S/C12H12BrIN2/c1-2-3-8(7-15)12(16)10-6-9(14)4-5-11(10)13/h4-6H,2-3,16H2,1H3/b12-8-. The zero-order chi connectivity index (χ0) is 12.1. The number of hydrogen-bond donors (Lipinski definition) is 1. The molecule has 0 radical (unpaired) electrons. The summed E-state index contributed by atoms with van der Waals surface area (Å²) in [7, 11) is 0. The van der Waals surface area contributed by atoms with E-state index in [1.807, 2.05) is 25.1 Å². The molecule has 0 aliphatic carbocycles. The molecule has 0 aliphatic rings. The summed E-state index contributed by atoms with van der Waals surface area (Å²) in [6, 6.07) is 8.10. The topological polar surface area (TPSA) is 49.8 Å². The highest BCUT2D eigenvalue weighted by molar-refractivity contribution is 14.1. The third kappa shape index (κ3) is 3.22. The summed E-state index contributed by atoms with van der Waals surface area (Å²) >= 11 is 5.68. The van der Waals surface area contributed by atoms with E-state index < -0.39 is 0 Å². The molecule has 16 heavy (non-hydrogen) atoms. The number of rotatable bonds is 3. The lowest BCUT2D eigenvalue weighted by atomic mass is 10.0. The van der Waals surface area contributed by atoms with Crippen molar-refractivity contribution in [1.82, 2.24) is 0 Å². The van der Waals surface area contributed by atoms with Gasteiger partial charge in [-0.1, -0.05) is 29.3 Å². The Morgan fingerprint density at radius 1 is 1.56 bits per heavy atom. The Bertz CT molecular complexity index is 461. The van der Waals surface area contributed by atoms with E-state index in [0.717, 1.165) is 26.4 Å². The number of nitriles is 1. The van der Waals surface area contributed by atoms with Crippen molar-refractivity contribution in [1.29, 1.82) is 5.26 Å². The van der Waals surface area contributed by atoms with Gasteiger partial charge in [0.15, 0.2) is 0 Å². The molecule has 2 N–H and O–H groups in total. The second-order valence-corrected chi connectivity index (χ2v) is 5.48. The minimum atomic E-state index is 0.578. The number of halogens is 2. The minimum Gasteiger partial charge on any atom is -0.397 e. The molecule has 0 saturated heterocycles. The average Bonchev–Trinajstić information content (AvgIpc) is 2.28. The molecular weight excluding hydrogens is 379 g/mol. The van der Waals surface area contributed by atoms with Gasteiger partial charge in [-0.2, -0.15) is 5.26 Å². The first-order chi connectivity index (χ1) is 7.60. The predicted octanol–water partition coefficient (Wildman–Crippen LogP) is 4.05. The Labute approximate surface area is 118 Å². The summed E-state index contributed by atoms with van der Waals surface area (Å²) in [5.74, 6) is 0. The average molecular weight is 391 g/mol. The summed E-state index contributed by atoms with van der Waals surface area (Å²) in [5.41, 5.74) is 8.17. The molecule has 0 saturated carbocycles. The van der Waals surface area contributed by atoms with Gasteiger partial charge in [0.2, 0.25) is 0 Å². The van der Waals surface area contributed by atoms with Crippen LogP contribution in [0.2, 0.25) is 0 Å². The first-order valence-corrected chi connectivity index (χ1v) is 6.81. The Morgan fingerprint density at radius 2 is 2.25 bits per heavy atom. The molecule has 0 heterocycles. The fourth-order valence-electron chi connectivity index (χ4n) is 1.37. The second kappa shape index (κ2) is 6.26. The van der Waals surface area contributed by atoms with Crippen molar-refractivity contribution in [2.45, 2.75) is 19.8 Å². The highest BCUT2D eigenvalue weighted by Gasteiger charge is 2.08. The van der Waals surface area contributed by atoms with E-state index in [1.54, 1.807) is 0 Å². The number of allylic oxidation sites excluding steroid dienone is 1. The summed E-state index contributed by atoms with van der Waals surface area (Å²) in [6.45, 7) is 2.04. The van der Waals surface area contributed by atoms with Crippen molar-refractivity contribution in [3.63, 3.8) is 0 Å². The molecule has 1 aromatic carbocycles. The van der Waals surface area contributed by atoms with Gasteiger partial charge in [0, 0.05) is 13.6 Å². The van der Waals surface area contributed by atoms with Gasteiger partial charge in [-0.25, -0.2) is 0 Å². The number of nitrogens with zero attached hydrogens (tertiary/aromatic N) is 1. The lowest BCUT2D eigenvalue weighted by molar-refractivity contribution is 0.928. The Balaban J connectivity index is 3.27. The third-order valence-corrected chi connectivity index (χ3v) is 3.54. The van der Waals surface area contributed by atoms with Crippen molar-refractivity contribution in [3.05, 3.63) is 37.4 Å². The van der Waals surface area contributed by atoms with Crippen LogP contribution in [0.5, 0.6) is 0 Å². The smallest absolute Gasteiger partial charge is 0.0968 e. The Kier molecular flexibility index (Phi) is 5.29. The molecule has 0 atom stereocenters. The van der Waals surface area contributed by atoms with Crippen molar-refractivity contribution in [3.8, 4) is 6.07 Å². The van der Waals surface area contributed by atoms with Gasteiger partial charge in [0.05, 0.1) is 17.3 Å². The molecule has 0 aromatic heterocycles. The molecule has 0 amide bonds. The minimum absolute atomic E-state index is 0.578. The van der Waals surface area contributed by atoms with E-state index in [0.29, 0.717) is 11.3 Å². The van der Waals surface area contributed by atoms with Crippen molar-refractivity contribution in [2.75, 3.05) is 0 Å². The Morgan fingerprint density at radius 3 is 2.81 bits per heavy atom. The van der Waals surface area contributed by atoms with Crippen LogP contribution in [0, 0.1) is 14.9 Å². The number of nitrogens with two attached hydrogens (primary N) is 1. The molecule has 1 rings (SSSR count). The van der Waals surface area contributed by atoms with E-state index in [2.05, 4.69) is 44.6 Å². The Hall–Kier alpha value is -0.540. The zero-order valence-corrected chi connectivity index (χ0v) is 12.7. The summed E-state index contributed by atoms with van der Waals surface area (Å²) in [5, 5.41) is 9.04. The zero-order valence-electron chi connectivity index (χ0n) is 8.93. The number of hydrogen-bond acceptors (Lipinski definition) is 2. The molecule has 1 aromatic rings. The maximum atomic E-state index is 9.04. The maximum Gasteiger partial charge on any atom is 0.0968 e. The van der Waals surface area contributed by atoms with Crippen LogP contribution in [-0.2, 0) is 0 Å². The predicted molar refractivity (Wildman–Crippen MR) is 78.5 cm³/mol. The van der Waals surface area contributed by atoms with Crippen LogP contribution in [0.1, 0.15) is 25.3 Å². The maximum absolute atomic E-state index is 9.04. The molecule has 0 unspecified atom stereocenters. The summed E-state index contributed by atoms with van der Waals surface area (Å²) < 4.78 is 2.03. The highest BCUT2D eigenvalue weighted by Crippen LogP contribution is 2.26. The largest absolute Gasteiger partial charge is 0.397 e. The van der Waals surface area contributed by atoms with E-state index in [9.17, 15) is 0 Å². The molecule has 2 nitrogen and oxygen atoms in total. The van der Waals surface area contributed by atoms with E-state index >= 15 is 0 Å². The monoisotopic (exact) mass is 390 g/mol. The SMILES string of the molecule is CCC/C(C#N)=C(/N)c1cc(I)ccc1Br. The van der Waals surface area contributed by atoms with Gasteiger partial charge in [-0.3, -0.25) is 0 Å². The quantitative estimate of drug-likeness (QED) is 0.625. The normalized spacial score (nSPS) is 11.9. The lowest BCUT2D eigenvalue weighted by Gasteiger charge is -2.08. The molecule has 0 bridgehead atoms. The van der Waals surface area contributed by atoms with Crippen LogP contribution < -0.4 is 5.73 Å². The fraction of sp³-hybridized carbons (Fsp3) is 0.250. The molecule has 0 aliphatic heterocycles. The van der Waals surface area contributed by atoms with Gasteiger partial charge in [0.25, 0.3) is 0 Å². The van der Waals surface area contributed by atoms with Gasteiger partial charge in [0.1, 0.15) is 0 Å². The van der Waals surface area contributed by atoms with Crippen LogP contribution in [0.4, 0.5) is 0 Å². The van der Waals surface area contributed by atoms with Crippen molar-refractivity contribution < 1.29 is 0 Å². The second-order valence-electron chi connectivity index (χ2n) is 3.38. The lowest BCUT2D eigenvalue weighted by Crippen LogP contribution is -2.02. The van der Waals surface area contributed by atoms with Crippen molar-refractivity contribution >= 4 is 44.2 Å². The molecule has 84 valence electrons. The molecule has 4 heteroatoms. The van der Waals surface area contributed by atoms with Crippen LogP contribution >= 0.6 is 38.5 Å². The van der Waals surface area contributed by atoms with E-state index in [4.69, 9.17) is 11.0 Å². The summed E-state index contributed by atoms with van der Waals surface area (Å²) in [6.07, 6.45) is 1.64. The summed E-state index contributed by atoms with van der Waals surface area (Å²) in [4.78, 5) is 0.